The van der Waals surface area contributed by atoms with Gasteiger partial charge in [-0.25, -0.2) is 4.39 Å². The van der Waals surface area contributed by atoms with Crippen LogP contribution in [0.15, 0.2) is 34.9 Å². The minimum absolute atomic E-state index is 0.00287. The molecular weight excluding hydrogens is 277 g/mol. The van der Waals surface area contributed by atoms with E-state index >= 15 is 0 Å². The maximum atomic E-state index is 13.9. The van der Waals surface area contributed by atoms with Gasteiger partial charge < -0.3 is 9.73 Å². The van der Waals surface area contributed by atoms with E-state index in [1.54, 1.807) is 18.4 Å². The van der Waals surface area contributed by atoms with Crippen LogP contribution in [0.1, 0.15) is 36.8 Å². The molecule has 0 aliphatic heterocycles. The van der Waals surface area contributed by atoms with E-state index in [0.29, 0.717) is 17.0 Å². The first kappa shape index (κ1) is 15.1. The summed E-state index contributed by atoms with van der Waals surface area (Å²) in [6.45, 7) is 4.87. The second-order valence-electron chi connectivity index (χ2n) is 4.67. The molecule has 20 heavy (non-hydrogen) atoms. The lowest BCUT2D eigenvalue weighted by atomic mass is 9.98. The molecule has 0 aliphatic rings. The van der Waals surface area contributed by atoms with Crippen molar-refractivity contribution in [2.24, 2.45) is 0 Å². The van der Waals surface area contributed by atoms with Gasteiger partial charge >= 0.3 is 0 Å². The Morgan fingerprint density at radius 1 is 1.30 bits per heavy atom. The van der Waals surface area contributed by atoms with Gasteiger partial charge in [0.05, 0.1) is 6.26 Å². The first-order valence-electron chi connectivity index (χ1n) is 6.89. The Kier molecular flexibility index (Phi) is 5.21. The van der Waals surface area contributed by atoms with E-state index < -0.39 is 0 Å². The van der Waals surface area contributed by atoms with Crippen molar-refractivity contribution in [3.8, 4) is 0 Å². The topological polar surface area (TPSA) is 25.2 Å². The highest BCUT2D eigenvalue weighted by Crippen LogP contribution is 2.28. The molecule has 2 aromatic rings. The number of aryl methyl sites for hydroxylation is 1. The highest BCUT2D eigenvalue weighted by molar-refractivity contribution is 6.31. The molecule has 1 unspecified atom stereocenters. The Hall–Kier alpha value is -1.32. The lowest BCUT2D eigenvalue weighted by molar-refractivity contribution is 0.482. The molecule has 108 valence electrons. The summed E-state index contributed by atoms with van der Waals surface area (Å²) in [6.07, 6.45) is 3.00. The lowest BCUT2D eigenvalue weighted by Crippen LogP contribution is -2.24. The van der Waals surface area contributed by atoms with Crippen molar-refractivity contribution in [1.29, 1.82) is 0 Å². The maximum Gasteiger partial charge on any atom is 0.127 e. The summed E-state index contributed by atoms with van der Waals surface area (Å²) in [5.74, 6) is 0.672. The van der Waals surface area contributed by atoms with Crippen molar-refractivity contribution in [3.05, 3.63) is 58.3 Å². The summed E-state index contributed by atoms with van der Waals surface area (Å²) in [5, 5.41) is 3.84. The molecule has 0 saturated carbocycles. The number of benzene rings is 1. The molecule has 1 aromatic carbocycles. The van der Waals surface area contributed by atoms with Gasteiger partial charge in [0.15, 0.2) is 0 Å². The van der Waals surface area contributed by atoms with Crippen LogP contribution in [0.2, 0.25) is 5.02 Å². The molecule has 0 bridgehead atoms. The summed E-state index contributed by atoms with van der Waals surface area (Å²) < 4.78 is 19.4. The molecule has 0 spiro atoms. The van der Waals surface area contributed by atoms with Crippen LogP contribution >= 0.6 is 11.6 Å². The highest BCUT2D eigenvalue weighted by Gasteiger charge is 2.19. The fourth-order valence-corrected chi connectivity index (χ4v) is 2.66. The van der Waals surface area contributed by atoms with Crippen molar-refractivity contribution in [3.63, 3.8) is 0 Å². The molecule has 0 aliphatic carbocycles. The Bertz CT molecular complexity index is 547. The Balaban J connectivity index is 2.30. The van der Waals surface area contributed by atoms with Gasteiger partial charge in [-0.1, -0.05) is 31.5 Å². The molecule has 2 rings (SSSR count). The number of furan rings is 1. The third kappa shape index (κ3) is 3.22. The van der Waals surface area contributed by atoms with E-state index in [1.807, 2.05) is 19.9 Å². The molecule has 2 nitrogen and oxygen atoms in total. The normalized spacial score (nSPS) is 12.6. The molecule has 0 saturated heterocycles. The fourth-order valence-electron chi connectivity index (χ4n) is 2.42. The Labute approximate surface area is 123 Å². The molecule has 1 N–H and O–H groups in total. The Morgan fingerprint density at radius 2 is 2.10 bits per heavy atom. The number of hydrogen-bond donors (Lipinski definition) is 1. The van der Waals surface area contributed by atoms with Gasteiger partial charge in [0.1, 0.15) is 11.6 Å². The van der Waals surface area contributed by atoms with Gasteiger partial charge in [0, 0.05) is 28.6 Å². The van der Waals surface area contributed by atoms with E-state index in [4.69, 9.17) is 16.0 Å². The zero-order valence-electron chi connectivity index (χ0n) is 11.7. The van der Waals surface area contributed by atoms with Gasteiger partial charge in [-0.05, 0) is 31.2 Å². The zero-order chi connectivity index (χ0) is 14.5. The van der Waals surface area contributed by atoms with Gasteiger partial charge in [-0.15, -0.1) is 0 Å². The third-order valence-corrected chi connectivity index (χ3v) is 3.75. The summed E-state index contributed by atoms with van der Waals surface area (Å²) in [7, 11) is 0. The smallest absolute Gasteiger partial charge is 0.127 e. The average Bonchev–Trinajstić information content (AvgIpc) is 2.90. The lowest BCUT2D eigenvalue weighted by Gasteiger charge is -2.19. The number of rotatable bonds is 6. The predicted molar refractivity (Wildman–Crippen MR) is 79.6 cm³/mol. The van der Waals surface area contributed by atoms with E-state index in [0.717, 1.165) is 24.3 Å². The van der Waals surface area contributed by atoms with Gasteiger partial charge in [0.2, 0.25) is 0 Å². The van der Waals surface area contributed by atoms with Crippen LogP contribution in [0.25, 0.3) is 0 Å². The van der Waals surface area contributed by atoms with E-state index in [1.165, 1.54) is 6.07 Å². The number of nitrogens with one attached hydrogen (secondary N) is 1. The highest BCUT2D eigenvalue weighted by atomic mass is 35.5. The second kappa shape index (κ2) is 6.91. The molecule has 0 amide bonds. The first-order chi connectivity index (χ1) is 9.67. The SMILES string of the molecule is CCNC(Cc1c(F)cccc1Cl)c1ccoc1CC. The van der Waals surface area contributed by atoms with Gasteiger partial charge in [-0.2, -0.15) is 0 Å². The number of halogens is 2. The molecule has 1 aromatic heterocycles. The molecule has 0 fully saturated rings. The van der Waals surface area contributed by atoms with Gasteiger partial charge in [-0.3, -0.25) is 0 Å². The second-order valence-corrected chi connectivity index (χ2v) is 5.07. The van der Waals surface area contributed by atoms with Crippen LogP contribution in [0.5, 0.6) is 0 Å². The largest absolute Gasteiger partial charge is 0.469 e. The molecule has 1 heterocycles. The monoisotopic (exact) mass is 295 g/mol. The van der Waals surface area contributed by atoms with E-state index in [2.05, 4.69) is 5.32 Å². The van der Waals surface area contributed by atoms with Crippen LogP contribution in [0.3, 0.4) is 0 Å². The quantitative estimate of drug-likeness (QED) is 0.847. The van der Waals surface area contributed by atoms with Crippen LogP contribution in [-0.4, -0.2) is 6.54 Å². The van der Waals surface area contributed by atoms with Crippen molar-refractivity contribution >= 4 is 11.6 Å². The van der Waals surface area contributed by atoms with Crippen molar-refractivity contribution in [2.75, 3.05) is 6.54 Å². The first-order valence-corrected chi connectivity index (χ1v) is 7.27. The van der Waals surface area contributed by atoms with Crippen molar-refractivity contribution in [2.45, 2.75) is 32.7 Å². The van der Waals surface area contributed by atoms with Gasteiger partial charge in [0.25, 0.3) is 0 Å². The van der Waals surface area contributed by atoms with E-state index in [9.17, 15) is 4.39 Å². The van der Waals surface area contributed by atoms with Crippen LogP contribution in [-0.2, 0) is 12.8 Å². The van der Waals surface area contributed by atoms with Crippen LogP contribution < -0.4 is 5.32 Å². The molecule has 0 radical (unpaired) electrons. The standard InChI is InChI=1S/C16H19ClFNO/c1-3-16-11(8-9-20-16)15(19-4-2)10-12-13(17)6-5-7-14(12)18/h5-9,15,19H,3-4,10H2,1-2H3. The predicted octanol–water partition coefficient (Wildman–Crippen LogP) is 4.53. The van der Waals surface area contributed by atoms with Crippen LogP contribution in [0, 0.1) is 5.82 Å². The summed E-state index contributed by atoms with van der Waals surface area (Å²) in [4.78, 5) is 0. The molecule has 1 atom stereocenters. The molecule has 4 heteroatoms. The third-order valence-electron chi connectivity index (χ3n) is 3.40. The maximum absolute atomic E-state index is 13.9. The van der Waals surface area contributed by atoms with Crippen LogP contribution in [0.4, 0.5) is 4.39 Å². The van der Waals surface area contributed by atoms with E-state index in [-0.39, 0.29) is 11.9 Å². The molecular formula is C16H19ClFNO. The van der Waals surface area contributed by atoms with Crippen molar-refractivity contribution in [1.82, 2.24) is 5.32 Å². The zero-order valence-corrected chi connectivity index (χ0v) is 12.5. The minimum atomic E-state index is -0.262. The fraction of sp³-hybridized carbons (Fsp3) is 0.375. The average molecular weight is 296 g/mol. The summed E-state index contributed by atoms with van der Waals surface area (Å²) in [5.41, 5.74) is 1.62. The number of likely N-dealkylation sites (N-methyl/N-ethyl adjacent to an activating group) is 1. The Morgan fingerprint density at radius 3 is 2.75 bits per heavy atom. The number of hydrogen-bond acceptors (Lipinski definition) is 2. The summed E-state index contributed by atoms with van der Waals surface area (Å²) in [6, 6.07) is 6.74. The summed E-state index contributed by atoms with van der Waals surface area (Å²) >= 11 is 6.12. The van der Waals surface area contributed by atoms with Crippen molar-refractivity contribution < 1.29 is 8.81 Å². The minimum Gasteiger partial charge on any atom is -0.469 e.